The highest BCUT2D eigenvalue weighted by atomic mass is 16.7. The predicted octanol–water partition coefficient (Wildman–Crippen LogP) is 2.23. The lowest BCUT2D eigenvalue weighted by atomic mass is 10.1. The molecule has 6 heteroatoms. The van der Waals surface area contributed by atoms with Crippen molar-refractivity contribution in [1.29, 1.82) is 0 Å². The van der Waals surface area contributed by atoms with Gasteiger partial charge in [0.2, 0.25) is 6.79 Å². The van der Waals surface area contributed by atoms with Crippen molar-refractivity contribution < 1.29 is 19.1 Å². The van der Waals surface area contributed by atoms with Crippen molar-refractivity contribution in [3.63, 3.8) is 0 Å². The summed E-state index contributed by atoms with van der Waals surface area (Å²) >= 11 is 0. The Balaban J connectivity index is 1.53. The molecule has 1 heterocycles. The van der Waals surface area contributed by atoms with Gasteiger partial charge < -0.3 is 20.1 Å². The van der Waals surface area contributed by atoms with E-state index in [1.165, 1.54) is 5.56 Å². The number of hydrogen-bond acceptors (Lipinski definition) is 4. The molecule has 0 saturated heterocycles. The number of nitrogens with one attached hydrogen (secondary N) is 2. The smallest absolute Gasteiger partial charge is 0.313 e. The van der Waals surface area contributed by atoms with E-state index in [4.69, 9.17) is 9.47 Å². The maximum absolute atomic E-state index is 11.9. The average molecular weight is 326 g/mol. The number of anilines is 1. The Labute approximate surface area is 139 Å². The van der Waals surface area contributed by atoms with E-state index in [1.54, 1.807) is 24.3 Å². The van der Waals surface area contributed by atoms with Crippen LogP contribution < -0.4 is 20.1 Å². The van der Waals surface area contributed by atoms with E-state index < -0.39 is 11.8 Å². The number of amides is 2. The molecule has 24 heavy (non-hydrogen) atoms. The number of benzene rings is 2. The van der Waals surface area contributed by atoms with Crippen LogP contribution in [0.5, 0.6) is 11.5 Å². The van der Waals surface area contributed by atoms with Crippen molar-refractivity contribution in [2.24, 2.45) is 0 Å². The summed E-state index contributed by atoms with van der Waals surface area (Å²) in [4.78, 5) is 23.8. The van der Waals surface area contributed by atoms with Gasteiger partial charge in [0.15, 0.2) is 11.5 Å². The summed E-state index contributed by atoms with van der Waals surface area (Å²) in [5.74, 6) is -0.0622. The van der Waals surface area contributed by atoms with E-state index in [1.807, 2.05) is 18.2 Å². The van der Waals surface area contributed by atoms with Gasteiger partial charge >= 0.3 is 11.8 Å². The third-order valence-corrected chi connectivity index (χ3v) is 3.72. The van der Waals surface area contributed by atoms with Crippen LogP contribution in [0.2, 0.25) is 0 Å². The second kappa shape index (κ2) is 7.04. The Kier molecular flexibility index (Phi) is 4.65. The Morgan fingerprint density at radius 2 is 1.67 bits per heavy atom. The number of rotatable bonds is 4. The number of carbonyl (C=O) groups excluding carboxylic acids is 2. The largest absolute Gasteiger partial charge is 0.454 e. The Hall–Kier alpha value is -3.02. The number of ether oxygens (including phenoxy) is 2. The number of aryl methyl sites for hydroxylation is 1. The molecule has 2 amide bonds. The van der Waals surface area contributed by atoms with Gasteiger partial charge in [-0.2, -0.15) is 0 Å². The van der Waals surface area contributed by atoms with Crippen LogP contribution in [0.15, 0.2) is 42.5 Å². The molecule has 2 aromatic rings. The van der Waals surface area contributed by atoms with Crippen molar-refractivity contribution in [2.75, 3.05) is 12.1 Å². The molecule has 0 saturated carbocycles. The van der Waals surface area contributed by atoms with Crippen LogP contribution in [0.25, 0.3) is 0 Å². The monoisotopic (exact) mass is 326 g/mol. The topological polar surface area (TPSA) is 76.7 Å². The molecule has 6 nitrogen and oxygen atoms in total. The minimum absolute atomic E-state index is 0.199. The second-order valence-electron chi connectivity index (χ2n) is 5.37. The van der Waals surface area contributed by atoms with Crippen molar-refractivity contribution in [3.8, 4) is 11.5 Å². The van der Waals surface area contributed by atoms with Crippen LogP contribution in [0.4, 0.5) is 5.69 Å². The van der Waals surface area contributed by atoms with Crippen molar-refractivity contribution in [1.82, 2.24) is 5.32 Å². The van der Waals surface area contributed by atoms with Crippen LogP contribution >= 0.6 is 0 Å². The van der Waals surface area contributed by atoms with E-state index in [2.05, 4.69) is 17.6 Å². The molecular formula is C18H18N2O4. The first-order valence-corrected chi connectivity index (χ1v) is 7.72. The molecule has 2 aromatic carbocycles. The first-order valence-electron chi connectivity index (χ1n) is 7.72. The highest BCUT2D eigenvalue weighted by Gasteiger charge is 2.16. The molecule has 0 atom stereocenters. The van der Waals surface area contributed by atoms with Gasteiger partial charge in [-0.15, -0.1) is 0 Å². The average Bonchev–Trinajstić information content (AvgIpc) is 3.08. The van der Waals surface area contributed by atoms with Crippen LogP contribution in [0.1, 0.15) is 18.1 Å². The predicted molar refractivity (Wildman–Crippen MR) is 88.9 cm³/mol. The standard InChI is InChI=1S/C18H18N2O4/c1-2-12-3-6-14(7-4-12)20-18(22)17(21)19-10-13-5-8-15-16(9-13)24-11-23-15/h3-9H,2,10-11H2,1H3,(H,19,21)(H,20,22). The molecule has 0 radical (unpaired) electrons. The molecule has 0 bridgehead atoms. The third kappa shape index (κ3) is 3.65. The summed E-state index contributed by atoms with van der Waals surface area (Å²) in [6.45, 7) is 2.49. The van der Waals surface area contributed by atoms with Crippen LogP contribution in [-0.2, 0) is 22.6 Å². The van der Waals surface area contributed by atoms with Gasteiger partial charge in [0.05, 0.1) is 0 Å². The molecule has 0 aromatic heterocycles. The van der Waals surface area contributed by atoms with Gasteiger partial charge in [0, 0.05) is 12.2 Å². The molecule has 124 valence electrons. The van der Waals surface area contributed by atoms with Gasteiger partial charge in [0.25, 0.3) is 0 Å². The third-order valence-electron chi connectivity index (χ3n) is 3.72. The van der Waals surface area contributed by atoms with Gasteiger partial charge in [-0.3, -0.25) is 9.59 Å². The van der Waals surface area contributed by atoms with Gasteiger partial charge in [-0.1, -0.05) is 25.1 Å². The lowest BCUT2D eigenvalue weighted by Gasteiger charge is -2.08. The van der Waals surface area contributed by atoms with Crippen molar-refractivity contribution in [3.05, 3.63) is 53.6 Å². The first kappa shape index (κ1) is 15.9. The van der Waals surface area contributed by atoms with E-state index >= 15 is 0 Å². The molecular weight excluding hydrogens is 308 g/mol. The molecule has 0 unspecified atom stereocenters. The molecule has 0 spiro atoms. The number of hydrogen-bond donors (Lipinski definition) is 2. The lowest BCUT2D eigenvalue weighted by molar-refractivity contribution is -0.136. The fourth-order valence-electron chi connectivity index (χ4n) is 2.33. The summed E-state index contributed by atoms with van der Waals surface area (Å²) in [6.07, 6.45) is 0.921. The first-order chi connectivity index (χ1) is 11.7. The molecule has 3 rings (SSSR count). The van der Waals surface area contributed by atoms with E-state index in [-0.39, 0.29) is 13.3 Å². The van der Waals surface area contributed by atoms with Crippen LogP contribution in [0.3, 0.4) is 0 Å². The summed E-state index contributed by atoms with van der Waals surface area (Å²) in [5, 5.41) is 5.16. The fraction of sp³-hybridized carbons (Fsp3) is 0.222. The Bertz CT molecular complexity index is 756. The van der Waals surface area contributed by atoms with Gasteiger partial charge in [-0.05, 0) is 41.8 Å². The minimum atomic E-state index is -0.694. The molecule has 0 fully saturated rings. The van der Waals surface area contributed by atoms with Crippen molar-refractivity contribution in [2.45, 2.75) is 19.9 Å². The van der Waals surface area contributed by atoms with Gasteiger partial charge in [-0.25, -0.2) is 0 Å². The summed E-state index contributed by atoms with van der Waals surface area (Å²) < 4.78 is 10.5. The van der Waals surface area contributed by atoms with E-state index in [0.717, 1.165) is 12.0 Å². The normalized spacial score (nSPS) is 11.9. The highest BCUT2D eigenvalue weighted by molar-refractivity contribution is 6.39. The minimum Gasteiger partial charge on any atom is -0.454 e. The molecule has 0 aliphatic carbocycles. The molecule has 2 N–H and O–H groups in total. The Morgan fingerprint density at radius 3 is 2.42 bits per heavy atom. The maximum Gasteiger partial charge on any atom is 0.313 e. The number of carbonyl (C=O) groups is 2. The molecule has 1 aliphatic rings. The van der Waals surface area contributed by atoms with Crippen LogP contribution in [0, 0.1) is 0 Å². The number of fused-ring (bicyclic) bond motifs is 1. The summed E-state index contributed by atoms with van der Waals surface area (Å²) in [6, 6.07) is 12.8. The van der Waals surface area contributed by atoms with Gasteiger partial charge in [0.1, 0.15) is 0 Å². The SMILES string of the molecule is CCc1ccc(NC(=O)C(=O)NCc2ccc3c(c2)OCO3)cc1. The zero-order chi connectivity index (χ0) is 16.9. The summed E-state index contributed by atoms with van der Waals surface area (Å²) in [7, 11) is 0. The summed E-state index contributed by atoms with van der Waals surface area (Å²) in [5.41, 5.74) is 2.59. The highest BCUT2D eigenvalue weighted by Crippen LogP contribution is 2.32. The lowest BCUT2D eigenvalue weighted by Crippen LogP contribution is -2.34. The quantitative estimate of drug-likeness (QED) is 0.845. The maximum atomic E-state index is 11.9. The van der Waals surface area contributed by atoms with Crippen molar-refractivity contribution >= 4 is 17.5 Å². The molecule has 1 aliphatic heterocycles. The second-order valence-corrected chi connectivity index (χ2v) is 5.37. The Morgan fingerprint density at radius 1 is 0.958 bits per heavy atom. The van der Waals surface area contributed by atoms with E-state index in [0.29, 0.717) is 17.2 Å². The zero-order valence-electron chi connectivity index (χ0n) is 13.3. The van der Waals surface area contributed by atoms with Crippen LogP contribution in [-0.4, -0.2) is 18.6 Å². The zero-order valence-corrected chi connectivity index (χ0v) is 13.3. The van der Waals surface area contributed by atoms with E-state index in [9.17, 15) is 9.59 Å². The fourth-order valence-corrected chi connectivity index (χ4v) is 2.33.